The third-order valence-corrected chi connectivity index (χ3v) is 13.6. The van der Waals surface area contributed by atoms with Gasteiger partial charge < -0.3 is 0 Å². The normalized spacial score (nSPS) is 14.6. The number of nitrogens with zero attached hydrogens (tertiary/aromatic N) is 5. The molecule has 6 heteroatoms. The van der Waals surface area contributed by atoms with Crippen molar-refractivity contribution in [1.29, 1.82) is 0 Å². The summed E-state index contributed by atoms with van der Waals surface area (Å²) in [5.74, 6) is 1.82. The van der Waals surface area contributed by atoms with Gasteiger partial charge in [-0.3, -0.25) is 4.99 Å². The molecule has 0 atom stereocenters. The molecule has 1 aliphatic carbocycles. The smallest absolute Gasteiger partial charge is 0.161 e. The standard InChI is InChI=1S/C56H45N5S/c1-55(2)43-28-13-12-25-40(43)50-42(27-18-30-45(50)55)54(57-5)61-52(37-20-8-6-9-21-37)58-35-36-19-16-24-39(33-36)47-34-48(60-53(59-47)38-22-10-7-11-23-38)41-26-17-31-46-51(41)62-49-32-15-14-29-44(49)56(46,3)4/h6-34H,5,35H2,1-4H3/b58-52-,61-54-. The van der Waals surface area contributed by atoms with Gasteiger partial charge in [-0.05, 0) is 63.9 Å². The van der Waals surface area contributed by atoms with Gasteiger partial charge in [0.2, 0.25) is 0 Å². The minimum Gasteiger partial charge on any atom is -0.261 e. The maximum Gasteiger partial charge on any atom is 0.161 e. The fourth-order valence-electron chi connectivity index (χ4n) is 9.11. The molecule has 0 radical (unpaired) electrons. The van der Waals surface area contributed by atoms with Crippen LogP contribution in [0.25, 0.3) is 45.0 Å². The minimum absolute atomic E-state index is 0.148. The van der Waals surface area contributed by atoms with Gasteiger partial charge in [0.25, 0.3) is 0 Å². The van der Waals surface area contributed by atoms with Crippen molar-refractivity contribution in [3.63, 3.8) is 0 Å². The molecule has 0 bridgehead atoms. The first-order valence-corrected chi connectivity index (χ1v) is 21.9. The third-order valence-electron chi connectivity index (χ3n) is 12.4. The molecule has 0 saturated heterocycles. The van der Waals surface area contributed by atoms with E-state index in [1.54, 1.807) is 0 Å². The molecular formula is C56H45N5S. The van der Waals surface area contributed by atoms with E-state index in [0.29, 0.717) is 24.0 Å². The second kappa shape index (κ2) is 15.8. The van der Waals surface area contributed by atoms with Crippen molar-refractivity contribution >= 4 is 30.2 Å². The van der Waals surface area contributed by atoms with E-state index in [1.807, 2.05) is 60.3 Å². The molecule has 300 valence electrons. The first-order chi connectivity index (χ1) is 30.2. The van der Waals surface area contributed by atoms with Crippen LogP contribution < -0.4 is 0 Å². The fraction of sp³-hybridized carbons (Fsp3) is 0.125. The molecule has 8 aromatic rings. The van der Waals surface area contributed by atoms with Gasteiger partial charge in [-0.15, -0.1) is 0 Å². The predicted molar refractivity (Wildman–Crippen MR) is 258 cm³/mol. The van der Waals surface area contributed by atoms with E-state index in [0.717, 1.165) is 50.3 Å². The topological polar surface area (TPSA) is 62.9 Å². The molecule has 10 rings (SSSR count). The van der Waals surface area contributed by atoms with E-state index in [9.17, 15) is 0 Å². The van der Waals surface area contributed by atoms with Crippen LogP contribution >= 0.6 is 11.8 Å². The van der Waals surface area contributed by atoms with Crippen LogP contribution in [0.2, 0.25) is 0 Å². The number of rotatable bonds is 7. The third kappa shape index (κ3) is 6.91. The SMILES string of the molecule is C=N/C(=N\C(=N/Cc1cccc(-c2cc(-c3cccc4c3Sc3ccccc3C4(C)C)nc(-c3ccccc3)n2)c1)c1ccccc1)c1cccc2c1-c1ccccc1C2(C)C. The number of hydrogen-bond acceptors (Lipinski definition) is 4. The van der Waals surface area contributed by atoms with Crippen molar-refractivity contribution in [2.24, 2.45) is 15.0 Å². The predicted octanol–water partition coefficient (Wildman–Crippen LogP) is 13.7. The highest BCUT2D eigenvalue weighted by atomic mass is 32.2. The number of aromatic nitrogens is 2. The molecule has 5 nitrogen and oxygen atoms in total. The molecule has 2 heterocycles. The molecule has 0 amide bonds. The zero-order valence-corrected chi connectivity index (χ0v) is 36.1. The van der Waals surface area contributed by atoms with Gasteiger partial charge in [0.05, 0.1) is 17.9 Å². The van der Waals surface area contributed by atoms with Crippen molar-refractivity contribution in [1.82, 2.24) is 9.97 Å². The van der Waals surface area contributed by atoms with Gasteiger partial charge in [-0.2, -0.15) is 0 Å². The van der Waals surface area contributed by atoms with Crippen LogP contribution in [0.3, 0.4) is 0 Å². The highest BCUT2D eigenvalue weighted by molar-refractivity contribution is 7.99. The summed E-state index contributed by atoms with van der Waals surface area (Å²) in [4.78, 5) is 27.9. The van der Waals surface area contributed by atoms with E-state index in [4.69, 9.17) is 20.0 Å². The van der Waals surface area contributed by atoms with E-state index < -0.39 is 0 Å². The zero-order chi connectivity index (χ0) is 42.4. The van der Waals surface area contributed by atoms with E-state index >= 15 is 0 Å². The molecule has 0 fully saturated rings. The Labute approximate surface area is 368 Å². The van der Waals surface area contributed by atoms with Gasteiger partial charge in [0.1, 0.15) is 0 Å². The maximum absolute atomic E-state index is 5.25. The summed E-state index contributed by atoms with van der Waals surface area (Å²) in [5, 5.41) is 0. The van der Waals surface area contributed by atoms with Crippen molar-refractivity contribution in [3.8, 4) is 45.0 Å². The second-order valence-electron chi connectivity index (χ2n) is 16.9. The Morgan fingerprint density at radius 2 is 1.16 bits per heavy atom. The van der Waals surface area contributed by atoms with Gasteiger partial charge >= 0.3 is 0 Å². The lowest BCUT2D eigenvalue weighted by Gasteiger charge is -2.35. The number of amidine groups is 2. The van der Waals surface area contributed by atoms with Crippen LogP contribution in [0.15, 0.2) is 201 Å². The molecule has 62 heavy (non-hydrogen) atoms. The summed E-state index contributed by atoms with van der Waals surface area (Å²) in [5.41, 5.74) is 14.9. The maximum atomic E-state index is 5.25. The van der Waals surface area contributed by atoms with E-state index in [2.05, 4.69) is 167 Å². The van der Waals surface area contributed by atoms with Crippen LogP contribution in [0.1, 0.15) is 66.6 Å². The highest BCUT2D eigenvalue weighted by Gasteiger charge is 2.37. The molecule has 0 N–H and O–H groups in total. The van der Waals surface area contributed by atoms with Crippen LogP contribution in [-0.2, 0) is 17.4 Å². The summed E-state index contributed by atoms with van der Waals surface area (Å²) >= 11 is 1.83. The lowest BCUT2D eigenvalue weighted by molar-refractivity contribution is 0.608. The van der Waals surface area contributed by atoms with Crippen LogP contribution in [-0.4, -0.2) is 28.4 Å². The van der Waals surface area contributed by atoms with Crippen molar-refractivity contribution in [2.45, 2.75) is 54.9 Å². The molecule has 1 aliphatic heterocycles. The molecule has 0 spiro atoms. The Kier molecular flexibility index (Phi) is 9.96. The van der Waals surface area contributed by atoms with Crippen LogP contribution in [0.4, 0.5) is 0 Å². The number of benzene rings is 7. The Balaban J connectivity index is 1.05. The Hall–Kier alpha value is -7.02. The minimum atomic E-state index is -0.158. The lowest BCUT2D eigenvalue weighted by Crippen LogP contribution is -2.24. The number of hydrogen-bond donors (Lipinski definition) is 0. The molecule has 0 unspecified atom stereocenters. The first kappa shape index (κ1) is 39.1. The summed E-state index contributed by atoms with van der Waals surface area (Å²) in [6.07, 6.45) is 0. The molecule has 2 aliphatic rings. The number of fused-ring (bicyclic) bond motifs is 5. The van der Waals surface area contributed by atoms with Crippen LogP contribution in [0.5, 0.6) is 0 Å². The average Bonchev–Trinajstić information content (AvgIpc) is 3.55. The van der Waals surface area contributed by atoms with Crippen LogP contribution in [0, 0.1) is 0 Å². The van der Waals surface area contributed by atoms with Gasteiger partial charge in [-0.1, -0.05) is 197 Å². The largest absolute Gasteiger partial charge is 0.261 e. The van der Waals surface area contributed by atoms with E-state index in [-0.39, 0.29) is 10.8 Å². The summed E-state index contributed by atoms with van der Waals surface area (Å²) in [6, 6.07) is 61.4. The zero-order valence-electron chi connectivity index (χ0n) is 35.3. The first-order valence-electron chi connectivity index (χ1n) is 21.0. The average molecular weight is 820 g/mol. The molecule has 0 saturated carbocycles. The number of aliphatic imine (C=N–C) groups is 3. The van der Waals surface area contributed by atoms with Gasteiger partial charge in [0, 0.05) is 48.4 Å². The molecular weight excluding hydrogens is 775 g/mol. The second-order valence-corrected chi connectivity index (χ2v) is 18.0. The van der Waals surface area contributed by atoms with E-state index in [1.165, 1.54) is 37.6 Å². The molecule has 1 aromatic heterocycles. The van der Waals surface area contributed by atoms with Gasteiger partial charge in [0.15, 0.2) is 17.5 Å². The van der Waals surface area contributed by atoms with Crippen molar-refractivity contribution < 1.29 is 0 Å². The van der Waals surface area contributed by atoms with Crippen molar-refractivity contribution in [2.75, 3.05) is 0 Å². The summed E-state index contributed by atoms with van der Waals surface area (Å²) < 4.78 is 0. The Morgan fingerprint density at radius 1 is 0.548 bits per heavy atom. The monoisotopic (exact) mass is 819 g/mol. The summed E-state index contributed by atoms with van der Waals surface area (Å²) in [6.45, 7) is 13.6. The quantitative estimate of drug-likeness (QED) is 0.119. The summed E-state index contributed by atoms with van der Waals surface area (Å²) in [7, 11) is 0. The Morgan fingerprint density at radius 3 is 1.97 bits per heavy atom. The lowest BCUT2D eigenvalue weighted by atomic mass is 9.77. The van der Waals surface area contributed by atoms with Gasteiger partial charge in [-0.25, -0.2) is 20.0 Å². The Bertz CT molecular complexity index is 3090. The highest BCUT2D eigenvalue weighted by Crippen LogP contribution is 2.52. The van der Waals surface area contributed by atoms with Crippen molar-refractivity contribution in [3.05, 3.63) is 215 Å². The fourth-order valence-corrected chi connectivity index (χ4v) is 10.6. The molecule has 7 aromatic carbocycles.